The molecule has 1 aromatic carbocycles. The standard InChI is InChI=1S/C15H19N3/c1-12-10-17-18(11-12)14-6-3-5-13(9-14)15(2)7-4-8-16-15/h3,5-6,9-11,16H,4,7-8H2,1-2H3. The van der Waals surface area contributed by atoms with E-state index in [9.17, 15) is 0 Å². The number of rotatable bonds is 2. The summed E-state index contributed by atoms with van der Waals surface area (Å²) in [5.74, 6) is 0. The second kappa shape index (κ2) is 4.25. The summed E-state index contributed by atoms with van der Waals surface area (Å²) in [5.41, 5.74) is 3.80. The predicted octanol–water partition coefficient (Wildman–Crippen LogP) is 2.78. The second-order valence-electron chi connectivity index (χ2n) is 5.38. The summed E-state index contributed by atoms with van der Waals surface area (Å²) in [5, 5.41) is 7.98. The van der Waals surface area contributed by atoms with Gasteiger partial charge in [0.25, 0.3) is 0 Å². The summed E-state index contributed by atoms with van der Waals surface area (Å²) in [7, 11) is 0. The zero-order chi connectivity index (χ0) is 12.6. The van der Waals surface area contributed by atoms with Gasteiger partial charge in [0.1, 0.15) is 0 Å². The van der Waals surface area contributed by atoms with Crippen LogP contribution in [0.25, 0.3) is 5.69 Å². The maximum Gasteiger partial charge on any atom is 0.0649 e. The predicted molar refractivity (Wildman–Crippen MR) is 72.9 cm³/mol. The monoisotopic (exact) mass is 241 g/mol. The third kappa shape index (κ3) is 1.95. The van der Waals surface area contributed by atoms with Gasteiger partial charge in [0.05, 0.1) is 11.9 Å². The molecule has 0 bridgehead atoms. The number of aryl methyl sites for hydroxylation is 1. The van der Waals surface area contributed by atoms with Crippen LogP contribution in [-0.4, -0.2) is 16.3 Å². The summed E-state index contributed by atoms with van der Waals surface area (Å²) in [6.07, 6.45) is 6.40. The van der Waals surface area contributed by atoms with Gasteiger partial charge in [-0.25, -0.2) is 4.68 Å². The van der Waals surface area contributed by atoms with Crippen molar-refractivity contribution in [1.82, 2.24) is 15.1 Å². The second-order valence-corrected chi connectivity index (χ2v) is 5.38. The lowest BCUT2D eigenvalue weighted by Gasteiger charge is -2.25. The Kier molecular flexibility index (Phi) is 2.71. The fourth-order valence-electron chi connectivity index (χ4n) is 2.69. The maximum absolute atomic E-state index is 4.37. The molecule has 1 unspecified atom stereocenters. The zero-order valence-electron chi connectivity index (χ0n) is 11.0. The smallest absolute Gasteiger partial charge is 0.0649 e. The van der Waals surface area contributed by atoms with E-state index < -0.39 is 0 Å². The van der Waals surface area contributed by atoms with Gasteiger partial charge in [-0.15, -0.1) is 0 Å². The Bertz CT molecular complexity index is 550. The molecule has 1 fully saturated rings. The van der Waals surface area contributed by atoms with E-state index in [4.69, 9.17) is 0 Å². The first kappa shape index (κ1) is 11.5. The van der Waals surface area contributed by atoms with Gasteiger partial charge in [0, 0.05) is 11.7 Å². The third-order valence-electron chi connectivity index (χ3n) is 3.83. The average Bonchev–Trinajstić information content (AvgIpc) is 2.99. The number of nitrogens with one attached hydrogen (secondary N) is 1. The molecule has 0 amide bonds. The Hall–Kier alpha value is -1.61. The molecular formula is C15H19N3. The molecule has 3 nitrogen and oxygen atoms in total. The van der Waals surface area contributed by atoms with E-state index in [-0.39, 0.29) is 5.54 Å². The van der Waals surface area contributed by atoms with E-state index in [0.717, 1.165) is 12.2 Å². The van der Waals surface area contributed by atoms with Gasteiger partial charge in [-0.1, -0.05) is 12.1 Å². The third-order valence-corrected chi connectivity index (χ3v) is 3.83. The summed E-state index contributed by atoms with van der Waals surface area (Å²) in [4.78, 5) is 0. The van der Waals surface area contributed by atoms with E-state index in [0.29, 0.717) is 0 Å². The molecular weight excluding hydrogens is 222 g/mol. The average molecular weight is 241 g/mol. The van der Waals surface area contributed by atoms with Gasteiger partial charge in [0.15, 0.2) is 0 Å². The lowest BCUT2D eigenvalue weighted by molar-refractivity contribution is 0.434. The molecule has 1 aliphatic heterocycles. The van der Waals surface area contributed by atoms with Crippen molar-refractivity contribution in [3.8, 4) is 5.69 Å². The highest BCUT2D eigenvalue weighted by atomic mass is 15.3. The molecule has 1 aromatic heterocycles. The van der Waals surface area contributed by atoms with Crippen molar-refractivity contribution >= 4 is 0 Å². The first-order valence-corrected chi connectivity index (χ1v) is 6.55. The number of aromatic nitrogens is 2. The normalized spacial score (nSPS) is 23.4. The molecule has 18 heavy (non-hydrogen) atoms. The minimum atomic E-state index is 0.123. The first-order chi connectivity index (χ1) is 8.67. The van der Waals surface area contributed by atoms with Crippen LogP contribution in [0.4, 0.5) is 0 Å². The van der Waals surface area contributed by atoms with Gasteiger partial charge in [-0.3, -0.25) is 0 Å². The van der Waals surface area contributed by atoms with Crippen molar-refractivity contribution in [2.45, 2.75) is 32.2 Å². The van der Waals surface area contributed by atoms with Crippen LogP contribution < -0.4 is 5.32 Å². The molecule has 3 rings (SSSR count). The molecule has 0 spiro atoms. The first-order valence-electron chi connectivity index (χ1n) is 6.55. The van der Waals surface area contributed by atoms with Crippen molar-refractivity contribution in [2.24, 2.45) is 0 Å². The van der Waals surface area contributed by atoms with Crippen LogP contribution in [0.5, 0.6) is 0 Å². The summed E-state index contributed by atoms with van der Waals surface area (Å²) in [6.45, 7) is 5.46. The van der Waals surface area contributed by atoms with Crippen LogP contribution in [0.1, 0.15) is 30.9 Å². The number of hydrogen-bond acceptors (Lipinski definition) is 2. The lowest BCUT2D eigenvalue weighted by Crippen LogP contribution is -2.33. The minimum Gasteiger partial charge on any atom is -0.308 e. The van der Waals surface area contributed by atoms with Crippen molar-refractivity contribution in [3.05, 3.63) is 47.8 Å². The van der Waals surface area contributed by atoms with Crippen LogP contribution in [0.2, 0.25) is 0 Å². The van der Waals surface area contributed by atoms with Crippen molar-refractivity contribution in [3.63, 3.8) is 0 Å². The van der Waals surface area contributed by atoms with Gasteiger partial charge in [-0.05, 0) is 56.5 Å². The Labute approximate surface area is 108 Å². The van der Waals surface area contributed by atoms with Crippen LogP contribution in [0, 0.1) is 6.92 Å². The van der Waals surface area contributed by atoms with E-state index >= 15 is 0 Å². The zero-order valence-corrected chi connectivity index (χ0v) is 11.0. The molecule has 94 valence electrons. The van der Waals surface area contributed by atoms with Crippen molar-refractivity contribution in [1.29, 1.82) is 0 Å². The topological polar surface area (TPSA) is 29.9 Å². The van der Waals surface area contributed by atoms with Gasteiger partial charge >= 0.3 is 0 Å². The quantitative estimate of drug-likeness (QED) is 0.876. The lowest BCUT2D eigenvalue weighted by atomic mass is 9.90. The molecule has 1 aliphatic rings. The number of hydrogen-bond donors (Lipinski definition) is 1. The molecule has 0 saturated carbocycles. The molecule has 0 aliphatic carbocycles. The minimum absolute atomic E-state index is 0.123. The van der Waals surface area contributed by atoms with Gasteiger partial charge in [-0.2, -0.15) is 5.10 Å². The molecule has 2 heterocycles. The molecule has 1 N–H and O–H groups in total. The van der Waals surface area contributed by atoms with E-state index in [1.807, 2.05) is 10.9 Å². The fraction of sp³-hybridized carbons (Fsp3) is 0.400. The van der Waals surface area contributed by atoms with Crippen molar-refractivity contribution in [2.75, 3.05) is 6.54 Å². The molecule has 3 heteroatoms. The number of nitrogens with zero attached hydrogens (tertiary/aromatic N) is 2. The molecule has 0 radical (unpaired) electrons. The molecule has 1 atom stereocenters. The van der Waals surface area contributed by atoms with Crippen LogP contribution in [0.3, 0.4) is 0 Å². The van der Waals surface area contributed by atoms with Gasteiger partial charge in [0.2, 0.25) is 0 Å². The Morgan fingerprint density at radius 2 is 2.28 bits per heavy atom. The highest BCUT2D eigenvalue weighted by molar-refractivity contribution is 5.39. The van der Waals surface area contributed by atoms with E-state index in [2.05, 4.69) is 54.7 Å². The van der Waals surface area contributed by atoms with E-state index in [1.54, 1.807) is 0 Å². The number of benzene rings is 1. The Morgan fingerprint density at radius 1 is 1.39 bits per heavy atom. The highest BCUT2D eigenvalue weighted by Crippen LogP contribution is 2.31. The summed E-state index contributed by atoms with van der Waals surface area (Å²) in [6, 6.07) is 8.67. The van der Waals surface area contributed by atoms with Crippen molar-refractivity contribution < 1.29 is 0 Å². The van der Waals surface area contributed by atoms with Crippen LogP contribution >= 0.6 is 0 Å². The fourth-order valence-corrected chi connectivity index (χ4v) is 2.69. The van der Waals surface area contributed by atoms with Gasteiger partial charge < -0.3 is 5.32 Å². The molecule has 1 saturated heterocycles. The SMILES string of the molecule is Cc1cnn(-c2cccc(C3(C)CCCN3)c2)c1. The summed E-state index contributed by atoms with van der Waals surface area (Å²) >= 11 is 0. The van der Waals surface area contributed by atoms with E-state index in [1.165, 1.54) is 24.0 Å². The molecule has 2 aromatic rings. The maximum atomic E-state index is 4.37. The highest BCUT2D eigenvalue weighted by Gasteiger charge is 2.29. The van der Waals surface area contributed by atoms with Crippen LogP contribution in [-0.2, 0) is 5.54 Å². The summed E-state index contributed by atoms with van der Waals surface area (Å²) < 4.78 is 1.94. The Balaban J connectivity index is 1.99. The largest absolute Gasteiger partial charge is 0.308 e. The van der Waals surface area contributed by atoms with Crippen LogP contribution in [0.15, 0.2) is 36.7 Å². The Morgan fingerprint density at radius 3 is 2.94 bits per heavy atom.